The third kappa shape index (κ3) is 4.10. The summed E-state index contributed by atoms with van der Waals surface area (Å²) in [5, 5.41) is 21.3. The summed E-state index contributed by atoms with van der Waals surface area (Å²) in [6.07, 6.45) is 10.3. The molecule has 5 rings (SSSR count). The summed E-state index contributed by atoms with van der Waals surface area (Å²) in [6.45, 7) is 2.80. The van der Waals surface area contributed by atoms with Crippen LogP contribution in [-0.4, -0.2) is 49.4 Å². The highest BCUT2D eigenvalue weighted by molar-refractivity contribution is 9.10. The number of nitrogens with zero attached hydrogens (tertiary/aromatic N) is 7. The van der Waals surface area contributed by atoms with E-state index in [1.807, 2.05) is 4.57 Å². The fourth-order valence-corrected chi connectivity index (χ4v) is 4.66. The molecule has 0 bridgehead atoms. The molecule has 2 unspecified atom stereocenters. The molecule has 13 heteroatoms. The van der Waals surface area contributed by atoms with Gasteiger partial charge in [0, 0.05) is 19.4 Å². The summed E-state index contributed by atoms with van der Waals surface area (Å²) in [5.74, 6) is 0.913. The molecule has 2 atom stereocenters. The van der Waals surface area contributed by atoms with Gasteiger partial charge in [-0.3, -0.25) is 9.36 Å². The Morgan fingerprint density at radius 3 is 2.91 bits per heavy atom. The Kier molecular flexibility index (Phi) is 6.13. The molecule has 1 aliphatic rings. The summed E-state index contributed by atoms with van der Waals surface area (Å²) in [7, 11) is 0. The summed E-state index contributed by atoms with van der Waals surface area (Å²) < 4.78 is 9.26. The number of imidazole rings is 1. The van der Waals surface area contributed by atoms with Gasteiger partial charge in [0.2, 0.25) is 11.7 Å². The first-order valence-corrected chi connectivity index (χ1v) is 12.2. The highest BCUT2D eigenvalue weighted by Crippen LogP contribution is 2.35. The third-order valence-corrected chi connectivity index (χ3v) is 6.51. The molecule has 0 spiro atoms. The Morgan fingerprint density at radius 1 is 1.26 bits per heavy atom. The van der Waals surface area contributed by atoms with Gasteiger partial charge in [-0.1, -0.05) is 54.8 Å². The van der Waals surface area contributed by atoms with Crippen molar-refractivity contribution in [1.29, 1.82) is 0 Å². The van der Waals surface area contributed by atoms with Crippen molar-refractivity contribution in [1.82, 2.24) is 39.3 Å². The molecule has 0 saturated carbocycles. The van der Waals surface area contributed by atoms with Crippen molar-refractivity contribution in [2.24, 2.45) is 0 Å². The van der Waals surface area contributed by atoms with E-state index in [2.05, 4.69) is 53.2 Å². The number of fused-ring (bicyclic) bond motifs is 2. The van der Waals surface area contributed by atoms with Crippen LogP contribution in [0.2, 0.25) is 0 Å². The van der Waals surface area contributed by atoms with E-state index in [9.17, 15) is 9.90 Å². The Hall–Kier alpha value is -2.83. The van der Waals surface area contributed by atoms with Crippen molar-refractivity contribution in [3.05, 3.63) is 56.9 Å². The molecule has 178 valence electrons. The maximum atomic E-state index is 13.2. The molecule has 2 N–H and O–H groups in total. The number of hydrogen-bond acceptors (Lipinski definition) is 8. The van der Waals surface area contributed by atoms with Gasteiger partial charge in [-0.05, 0) is 28.4 Å². The van der Waals surface area contributed by atoms with Crippen LogP contribution in [0.3, 0.4) is 0 Å². The van der Waals surface area contributed by atoms with Gasteiger partial charge < -0.3 is 14.6 Å². The van der Waals surface area contributed by atoms with Gasteiger partial charge in [-0.2, -0.15) is 4.98 Å². The third-order valence-electron chi connectivity index (χ3n) is 5.77. The van der Waals surface area contributed by atoms with E-state index in [0.29, 0.717) is 52.8 Å². The Morgan fingerprint density at radius 2 is 2.12 bits per heavy atom. The lowest BCUT2D eigenvalue weighted by molar-refractivity contribution is 0.157. The van der Waals surface area contributed by atoms with Gasteiger partial charge >= 0.3 is 0 Å². The van der Waals surface area contributed by atoms with Crippen LogP contribution in [0.25, 0.3) is 16.9 Å². The maximum Gasteiger partial charge on any atom is 0.286 e. The molecule has 4 aromatic rings. The number of unbranched alkanes of at least 4 members (excludes halogenated alkanes) is 2. The van der Waals surface area contributed by atoms with E-state index in [0.717, 1.165) is 19.3 Å². The quantitative estimate of drug-likeness (QED) is 0.194. The van der Waals surface area contributed by atoms with Crippen molar-refractivity contribution in [3.8, 4) is 0 Å². The van der Waals surface area contributed by atoms with Gasteiger partial charge in [0.1, 0.15) is 5.82 Å². The lowest BCUT2D eigenvalue weighted by Gasteiger charge is -2.24. The minimum absolute atomic E-state index is 0.271. The van der Waals surface area contributed by atoms with Crippen LogP contribution in [0.5, 0.6) is 0 Å². The van der Waals surface area contributed by atoms with E-state index in [1.165, 1.54) is 10.5 Å². The molecular formula is C21H22BrClN8O3. The molecule has 34 heavy (non-hydrogen) atoms. The molecule has 1 aliphatic carbocycles. The van der Waals surface area contributed by atoms with Crippen LogP contribution < -0.4 is 5.56 Å². The SMILES string of the molecule is CCCCCn1c2nc(Br)[nH]c2c(=O)n2c(CCc3nc(C4C=CC=CC4(O)Cl)no3)nnc12. The number of hydrogen-bond donors (Lipinski definition) is 2. The number of H-pyrrole nitrogens is 1. The van der Waals surface area contributed by atoms with E-state index in [4.69, 9.17) is 16.1 Å². The number of halogens is 2. The normalized spacial score (nSPS) is 20.2. The summed E-state index contributed by atoms with van der Waals surface area (Å²) >= 11 is 9.49. The van der Waals surface area contributed by atoms with E-state index in [-0.39, 0.29) is 11.4 Å². The minimum atomic E-state index is -1.62. The van der Waals surface area contributed by atoms with Crippen molar-refractivity contribution in [2.75, 3.05) is 0 Å². The second-order valence-electron chi connectivity index (χ2n) is 8.14. The Labute approximate surface area is 206 Å². The smallest absolute Gasteiger partial charge is 0.286 e. The number of rotatable bonds is 8. The molecule has 4 heterocycles. The summed E-state index contributed by atoms with van der Waals surface area (Å²) in [6, 6.07) is 0. The van der Waals surface area contributed by atoms with Crippen molar-refractivity contribution < 1.29 is 9.63 Å². The lowest BCUT2D eigenvalue weighted by Crippen LogP contribution is -2.28. The number of alkyl halides is 1. The topological polar surface area (TPSA) is 140 Å². The van der Waals surface area contributed by atoms with Gasteiger partial charge in [-0.15, -0.1) is 10.2 Å². The largest absolute Gasteiger partial charge is 0.370 e. The Balaban J connectivity index is 1.44. The fourth-order valence-electron chi connectivity index (χ4n) is 4.05. The van der Waals surface area contributed by atoms with E-state index in [1.54, 1.807) is 18.2 Å². The number of aryl methyl sites for hydroxylation is 3. The number of aliphatic hydroxyl groups is 1. The number of aromatic nitrogens is 8. The summed E-state index contributed by atoms with van der Waals surface area (Å²) in [5.41, 5.74) is 0.659. The maximum absolute atomic E-state index is 13.2. The first-order valence-electron chi connectivity index (χ1n) is 11.0. The molecule has 4 aromatic heterocycles. The first kappa shape index (κ1) is 22.9. The van der Waals surface area contributed by atoms with Gasteiger partial charge in [-0.25, -0.2) is 9.38 Å². The highest BCUT2D eigenvalue weighted by Gasteiger charge is 2.36. The molecule has 0 fully saturated rings. The van der Waals surface area contributed by atoms with Gasteiger partial charge in [0.15, 0.2) is 26.8 Å². The minimum Gasteiger partial charge on any atom is -0.370 e. The van der Waals surface area contributed by atoms with Gasteiger partial charge in [0.25, 0.3) is 5.56 Å². The monoisotopic (exact) mass is 548 g/mol. The first-order chi connectivity index (χ1) is 16.4. The lowest BCUT2D eigenvalue weighted by atomic mass is 9.96. The standard InChI is InChI=1S/C21H22BrClN8O3/c1-2-3-6-11-30-17-15(25-19(22)26-17)18(32)31-13(27-28-20(30)31)8-9-14-24-16(29-34-14)12-7-4-5-10-21(12,23)33/h4-5,7,10,12,33H,2-3,6,8-9,11H2,1H3,(H,25,26). The van der Waals surface area contributed by atoms with Crippen LogP contribution in [0.15, 0.2) is 38.4 Å². The van der Waals surface area contributed by atoms with Gasteiger partial charge in [0.05, 0.1) is 5.92 Å². The fraction of sp³-hybridized carbons (Fsp3) is 0.429. The number of allylic oxidation sites excluding steroid dienone is 2. The van der Waals surface area contributed by atoms with Crippen LogP contribution >= 0.6 is 27.5 Å². The molecule has 0 radical (unpaired) electrons. The average Bonchev–Trinajstić information content (AvgIpc) is 3.53. The summed E-state index contributed by atoms with van der Waals surface area (Å²) in [4.78, 5) is 25.0. The number of nitrogens with one attached hydrogen (secondary N) is 1. The predicted molar refractivity (Wildman–Crippen MR) is 128 cm³/mol. The zero-order valence-electron chi connectivity index (χ0n) is 18.3. The van der Waals surface area contributed by atoms with Crippen molar-refractivity contribution in [3.63, 3.8) is 0 Å². The zero-order chi connectivity index (χ0) is 23.9. The Bertz CT molecular complexity index is 1460. The van der Waals surface area contributed by atoms with Crippen molar-refractivity contribution in [2.45, 2.75) is 56.6 Å². The zero-order valence-corrected chi connectivity index (χ0v) is 20.6. The molecule has 11 nitrogen and oxygen atoms in total. The molecule has 0 aromatic carbocycles. The molecular weight excluding hydrogens is 528 g/mol. The highest BCUT2D eigenvalue weighted by atomic mass is 79.9. The molecule has 0 amide bonds. The number of aromatic amines is 1. The second kappa shape index (κ2) is 9.08. The van der Waals surface area contributed by atoms with Crippen LogP contribution in [-0.2, 0) is 19.4 Å². The van der Waals surface area contributed by atoms with E-state index >= 15 is 0 Å². The van der Waals surface area contributed by atoms with Crippen LogP contribution in [0.4, 0.5) is 0 Å². The van der Waals surface area contributed by atoms with E-state index < -0.39 is 11.0 Å². The van der Waals surface area contributed by atoms with Crippen LogP contribution in [0, 0.1) is 0 Å². The van der Waals surface area contributed by atoms with Crippen molar-refractivity contribution >= 4 is 44.5 Å². The average molecular weight is 550 g/mol. The molecule has 0 aliphatic heterocycles. The second-order valence-corrected chi connectivity index (χ2v) is 9.49. The predicted octanol–water partition coefficient (Wildman–Crippen LogP) is 3.03. The molecule has 0 saturated heterocycles. The van der Waals surface area contributed by atoms with Crippen LogP contribution in [0.1, 0.15) is 49.6 Å².